The van der Waals surface area contributed by atoms with Crippen LogP contribution in [0, 0.1) is 11.8 Å². The number of anilines is 1. The molecule has 0 saturated heterocycles. The predicted molar refractivity (Wildman–Crippen MR) is 100 cm³/mol. The van der Waals surface area contributed by atoms with Gasteiger partial charge in [-0.25, -0.2) is 8.42 Å². The van der Waals surface area contributed by atoms with Crippen LogP contribution in [0.25, 0.3) is 0 Å². The van der Waals surface area contributed by atoms with E-state index in [9.17, 15) is 13.2 Å². The highest BCUT2D eigenvalue weighted by Crippen LogP contribution is 2.44. The Balaban J connectivity index is 1.50. The van der Waals surface area contributed by atoms with Crippen molar-refractivity contribution in [1.29, 1.82) is 0 Å². The molecule has 26 heavy (non-hydrogen) atoms. The number of sulfonamides is 1. The molecular formula is C20H22N2O3S. The molecule has 0 spiro atoms. The first-order valence-electron chi connectivity index (χ1n) is 9.00. The molecule has 2 aliphatic carbocycles. The number of benzene rings is 2. The number of nitrogens with one attached hydrogen (secondary N) is 2. The SMILES string of the molecule is O=C(N[C@H]1C[C@@H]2CC[C@@H]1C2)c1cccc(S(=O)(=O)Nc2ccccc2)c1. The molecule has 2 bridgehead atoms. The monoisotopic (exact) mass is 370 g/mol. The lowest BCUT2D eigenvalue weighted by atomic mass is 9.95. The minimum atomic E-state index is -3.73. The first kappa shape index (κ1) is 17.1. The molecule has 136 valence electrons. The minimum Gasteiger partial charge on any atom is -0.349 e. The van der Waals surface area contributed by atoms with Gasteiger partial charge in [-0.2, -0.15) is 0 Å². The number of para-hydroxylation sites is 1. The average molecular weight is 370 g/mol. The molecule has 2 aromatic rings. The molecule has 0 heterocycles. The van der Waals surface area contributed by atoms with Gasteiger partial charge in [0.25, 0.3) is 15.9 Å². The molecular weight excluding hydrogens is 348 g/mol. The highest BCUT2D eigenvalue weighted by atomic mass is 32.2. The van der Waals surface area contributed by atoms with Gasteiger partial charge in [-0.05, 0) is 61.4 Å². The average Bonchev–Trinajstić information content (AvgIpc) is 3.25. The normalized spacial score (nSPS) is 24.4. The summed E-state index contributed by atoms with van der Waals surface area (Å²) in [6.45, 7) is 0. The number of hydrogen-bond acceptors (Lipinski definition) is 3. The summed E-state index contributed by atoms with van der Waals surface area (Å²) in [6, 6.07) is 15.1. The third-order valence-corrected chi connectivity index (χ3v) is 6.87. The van der Waals surface area contributed by atoms with Crippen molar-refractivity contribution in [2.75, 3.05) is 4.72 Å². The molecule has 0 aliphatic heterocycles. The zero-order chi connectivity index (χ0) is 18.1. The van der Waals surface area contributed by atoms with E-state index in [4.69, 9.17) is 0 Å². The Hall–Kier alpha value is -2.34. The van der Waals surface area contributed by atoms with Gasteiger partial charge in [0.2, 0.25) is 0 Å². The second-order valence-corrected chi connectivity index (χ2v) is 8.94. The van der Waals surface area contributed by atoms with Crippen LogP contribution < -0.4 is 10.0 Å². The summed E-state index contributed by atoms with van der Waals surface area (Å²) >= 11 is 0. The van der Waals surface area contributed by atoms with Crippen molar-refractivity contribution in [3.63, 3.8) is 0 Å². The Kier molecular flexibility index (Phi) is 4.44. The topological polar surface area (TPSA) is 75.3 Å². The molecule has 1 amide bonds. The van der Waals surface area contributed by atoms with E-state index in [0.29, 0.717) is 17.2 Å². The van der Waals surface area contributed by atoms with Crippen molar-refractivity contribution in [2.45, 2.75) is 36.6 Å². The molecule has 2 fully saturated rings. The van der Waals surface area contributed by atoms with Gasteiger partial charge in [0.15, 0.2) is 0 Å². The first-order chi connectivity index (χ1) is 12.5. The first-order valence-corrected chi connectivity index (χ1v) is 10.5. The standard InChI is InChI=1S/C20H22N2O3S/c23-20(21-19-12-14-9-10-15(19)11-14)16-5-4-8-18(13-16)26(24,25)22-17-6-2-1-3-7-17/h1-8,13-15,19,22H,9-12H2,(H,21,23)/t14-,15-,19+/m1/s1. The van der Waals surface area contributed by atoms with Gasteiger partial charge < -0.3 is 5.32 Å². The Bertz CT molecular complexity index is 912. The molecule has 2 aliphatic rings. The van der Waals surface area contributed by atoms with E-state index >= 15 is 0 Å². The summed E-state index contributed by atoms with van der Waals surface area (Å²) in [5, 5.41) is 3.10. The Labute approximate surface area is 153 Å². The number of fused-ring (bicyclic) bond motifs is 2. The number of carbonyl (C=O) groups is 1. The number of rotatable bonds is 5. The summed E-state index contributed by atoms with van der Waals surface area (Å²) in [5.74, 6) is 1.13. The van der Waals surface area contributed by atoms with E-state index in [-0.39, 0.29) is 16.8 Å². The van der Waals surface area contributed by atoms with Gasteiger partial charge in [-0.1, -0.05) is 30.7 Å². The van der Waals surface area contributed by atoms with Crippen LogP contribution in [0.5, 0.6) is 0 Å². The van der Waals surface area contributed by atoms with Crippen LogP contribution in [-0.2, 0) is 10.0 Å². The summed E-state index contributed by atoms with van der Waals surface area (Å²) in [5.41, 5.74) is 0.869. The maximum Gasteiger partial charge on any atom is 0.261 e. The number of hydrogen-bond donors (Lipinski definition) is 2. The fourth-order valence-corrected chi connectivity index (χ4v) is 5.30. The van der Waals surface area contributed by atoms with Crippen molar-refractivity contribution in [3.8, 4) is 0 Å². The van der Waals surface area contributed by atoms with Crippen molar-refractivity contribution < 1.29 is 13.2 Å². The van der Waals surface area contributed by atoms with Crippen molar-refractivity contribution in [2.24, 2.45) is 11.8 Å². The highest BCUT2D eigenvalue weighted by Gasteiger charge is 2.40. The minimum absolute atomic E-state index is 0.0851. The van der Waals surface area contributed by atoms with Gasteiger partial charge in [0.1, 0.15) is 0 Å². The van der Waals surface area contributed by atoms with Gasteiger partial charge in [0, 0.05) is 17.3 Å². The molecule has 0 aromatic heterocycles. The second-order valence-electron chi connectivity index (χ2n) is 7.25. The van der Waals surface area contributed by atoms with Crippen LogP contribution in [0.3, 0.4) is 0 Å². The molecule has 0 radical (unpaired) electrons. The van der Waals surface area contributed by atoms with E-state index in [1.807, 2.05) is 6.07 Å². The van der Waals surface area contributed by atoms with E-state index in [2.05, 4.69) is 10.0 Å². The Morgan fingerprint density at radius 1 is 0.962 bits per heavy atom. The quantitative estimate of drug-likeness (QED) is 0.847. The van der Waals surface area contributed by atoms with Crippen LogP contribution in [0.2, 0.25) is 0 Å². The van der Waals surface area contributed by atoms with Crippen LogP contribution in [0.15, 0.2) is 59.5 Å². The highest BCUT2D eigenvalue weighted by molar-refractivity contribution is 7.92. The molecule has 3 atom stereocenters. The molecule has 2 aromatic carbocycles. The van der Waals surface area contributed by atoms with Gasteiger partial charge in [-0.3, -0.25) is 9.52 Å². The molecule has 6 heteroatoms. The van der Waals surface area contributed by atoms with Gasteiger partial charge >= 0.3 is 0 Å². The largest absolute Gasteiger partial charge is 0.349 e. The van der Waals surface area contributed by atoms with Crippen molar-refractivity contribution in [3.05, 3.63) is 60.2 Å². The maximum absolute atomic E-state index is 12.6. The van der Waals surface area contributed by atoms with E-state index < -0.39 is 10.0 Å². The van der Waals surface area contributed by atoms with Crippen LogP contribution in [-0.4, -0.2) is 20.4 Å². The molecule has 2 saturated carbocycles. The lowest BCUT2D eigenvalue weighted by Gasteiger charge is -2.23. The van der Waals surface area contributed by atoms with E-state index in [1.54, 1.807) is 36.4 Å². The lowest BCUT2D eigenvalue weighted by molar-refractivity contribution is 0.0922. The third-order valence-electron chi connectivity index (χ3n) is 5.49. The zero-order valence-corrected chi connectivity index (χ0v) is 15.2. The zero-order valence-electron chi connectivity index (χ0n) is 14.4. The van der Waals surface area contributed by atoms with Crippen molar-refractivity contribution >= 4 is 21.6 Å². The molecule has 4 rings (SSSR count). The number of amides is 1. The van der Waals surface area contributed by atoms with Crippen LogP contribution in [0.1, 0.15) is 36.0 Å². The molecule has 0 unspecified atom stereocenters. The predicted octanol–water partition coefficient (Wildman–Crippen LogP) is 3.41. The summed E-state index contributed by atoms with van der Waals surface area (Å²) in [7, 11) is -3.73. The van der Waals surface area contributed by atoms with E-state index in [1.165, 1.54) is 31.4 Å². The maximum atomic E-state index is 12.6. The Morgan fingerprint density at radius 3 is 2.46 bits per heavy atom. The summed E-state index contributed by atoms with van der Waals surface area (Å²) in [4.78, 5) is 12.7. The van der Waals surface area contributed by atoms with E-state index in [0.717, 1.165) is 12.3 Å². The Morgan fingerprint density at radius 2 is 1.77 bits per heavy atom. The van der Waals surface area contributed by atoms with Gasteiger partial charge in [0.05, 0.1) is 4.90 Å². The lowest BCUT2D eigenvalue weighted by Crippen LogP contribution is -2.38. The summed E-state index contributed by atoms with van der Waals surface area (Å²) < 4.78 is 27.7. The third kappa shape index (κ3) is 3.46. The molecule has 2 N–H and O–H groups in total. The fraction of sp³-hybridized carbons (Fsp3) is 0.350. The summed E-state index contributed by atoms with van der Waals surface area (Å²) in [6.07, 6.45) is 4.71. The smallest absolute Gasteiger partial charge is 0.261 e. The molecule has 5 nitrogen and oxygen atoms in total. The van der Waals surface area contributed by atoms with Gasteiger partial charge in [-0.15, -0.1) is 0 Å². The fourth-order valence-electron chi connectivity index (χ4n) is 4.20. The number of carbonyl (C=O) groups excluding carboxylic acids is 1. The van der Waals surface area contributed by atoms with Crippen LogP contribution in [0.4, 0.5) is 5.69 Å². The van der Waals surface area contributed by atoms with Crippen molar-refractivity contribution in [1.82, 2.24) is 5.32 Å². The van der Waals surface area contributed by atoms with Crippen LogP contribution >= 0.6 is 0 Å². The second kappa shape index (κ2) is 6.76.